The molecule has 1 aliphatic heterocycles. The first kappa shape index (κ1) is 42.3. The van der Waals surface area contributed by atoms with Crippen LogP contribution < -0.4 is 11.5 Å². The number of carbonyl (C=O) groups is 1. The molecule has 1 unspecified atom stereocenters. The summed E-state index contributed by atoms with van der Waals surface area (Å²) in [5, 5.41) is 49.5. The monoisotopic (exact) mass is 647 g/mol. The van der Waals surface area contributed by atoms with Crippen LogP contribution in [0.1, 0.15) is 149 Å². The molecule has 10 heteroatoms. The summed E-state index contributed by atoms with van der Waals surface area (Å²) in [4.78, 5) is 12.3. The number of aliphatic hydroxyl groups excluding tert-OH is 5. The molecule has 45 heavy (non-hydrogen) atoms. The van der Waals surface area contributed by atoms with Gasteiger partial charge in [-0.1, -0.05) is 103 Å². The smallest absolute Gasteiger partial charge is 0.186 e. The zero-order chi connectivity index (χ0) is 33.5. The highest BCUT2D eigenvalue weighted by molar-refractivity contribution is 5.78. The van der Waals surface area contributed by atoms with Crippen molar-refractivity contribution in [2.45, 2.75) is 198 Å². The fraction of sp³-hybridized carbons (Fsp3) is 0.971. The Morgan fingerprint density at radius 2 is 1.18 bits per heavy atom. The lowest BCUT2D eigenvalue weighted by Crippen LogP contribution is -2.57. The summed E-state index contributed by atoms with van der Waals surface area (Å²) >= 11 is 0. The molecule has 0 aromatic carbocycles. The van der Waals surface area contributed by atoms with Crippen LogP contribution >= 0.6 is 0 Å². The van der Waals surface area contributed by atoms with Gasteiger partial charge >= 0.3 is 0 Å². The number of rotatable bonds is 29. The molecular weight excluding hydrogens is 576 g/mol. The van der Waals surface area contributed by atoms with E-state index in [9.17, 15) is 30.3 Å². The van der Waals surface area contributed by atoms with E-state index in [4.69, 9.17) is 20.9 Å². The maximum absolute atomic E-state index is 12.3. The maximum Gasteiger partial charge on any atom is 0.186 e. The largest absolute Gasteiger partial charge is 0.395 e. The highest BCUT2D eigenvalue weighted by Gasteiger charge is 2.43. The van der Waals surface area contributed by atoms with Crippen LogP contribution in [0.2, 0.25) is 0 Å². The van der Waals surface area contributed by atoms with E-state index in [1.54, 1.807) is 6.92 Å². The molecule has 0 spiro atoms. The maximum atomic E-state index is 12.3. The molecule has 0 aliphatic carbocycles. The van der Waals surface area contributed by atoms with E-state index in [2.05, 4.69) is 0 Å². The number of ether oxygens (including phenoxy) is 2. The van der Waals surface area contributed by atoms with Crippen LogP contribution in [0, 0.1) is 5.92 Å². The molecule has 0 amide bonds. The lowest BCUT2D eigenvalue weighted by Gasteiger charge is -2.42. The number of aliphatic hydroxyl groups is 5. The van der Waals surface area contributed by atoms with Gasteiger partial charge in [0.1, 0.15) is 11.9 Å². The predicted octanol–water partition coefficient (Wildman–Crippen LogP) is 4.24. The van der Waals surface area contributed by atoms with Gasteiger partial charge in [0.25, 0.3) is 0 Å². The normalized spacial score (nSPS) is 24.8. The zero-order valence-electron chi connectivity index (χ0n) is 28.6. The molecule has 1 aliphatic rings. The van der Waals surface area contributed by atoms with Crippen molar-refractivity contribution in [1.29, 1.82) is 0 Å². The van der Waals surface area contributed by atoms with Gasteiger partial charge in [-0.2, -0.15) is 0 Å². The van der Waals surface area contributed by atoms with Gasteiger partial charge in [0, 0.05) is 24.8 Å². The van der Waals surface area contributed by atoms with E-state index in [0.717, 1.165) is 57.8 Å². The van der Waals surface area contributed by atoms with Gasteiger partial charge in [-0.25, -0.2) is 0 Å². The molecule has 0 bridgehead atoms. The number of hydrogen-bond donors (Lipinski definition) is 7. The third-order valence-corrected chi connectivity index (χ3v) is 9.50. The SMILES string of the molecule is CC1[C@@H](CO)O[C@@H](O[C@H](CCCCCCCC(=O)CCCCCCCCCCCCCC[C@@H](O)[C@@H](C)N)[C@@H](N)CO)[C@H](O)[C@H]1O. The Morgan fingerprint density at radius 3 is 1.62 bits per heavy atom. The van der Waals surface area contributed by atoms with E-state index in [0.29, 0.717) is 25.0 Å². The highest BCUT2D eigenvalue weighted by Crippen LogP contribution is 2.28. The van der Waals surface area contributed by atoms with Crippen molar-refractivity contribution in [2.75, 3.05) is 13.2 Å². The molecule has 9 N–H and O–H groups in total. The van der Waals surface area contributed by atoms with Crippen molar-refractivity contribution >= 4 is 5.78 Å². The Bertz CT molecular complexity index is 713. The predicted molar refractivity (Wildman–Crippen MR) is 178 cm³/mol. The molecule has 0 aromatic rings. The summed E-state index contributed by atoms with van der Waals surface area (Å²) in [6.45, 7) is 2.99. The lowest BCUT2D eigenvalue weighted by atomic mass is 9.91. The first-order valence-electron chi connectivity index (χ1n) is 18.2. The van der Waals surface area contributed by atoms with E-state index in [-0.39, 0.29) is 25.4 Å². The minimum Gasteiger partial charge on any atom is -0.395 e. The molecule has 0 aromatic heterocycles. The van der Waals surface area contributed by atoms with Gasteiger partial charge in [0.2, 0.25) is 0 Å². The van der Waals surface area contributed by atoms with E-state index >= 15 is 0 Å². The summed E-state index contributed by atoms with van der Waals surface area (Å²) < 4.78 is 11.6. The summed E-state index contributed by atoms with van der Waals surface area (Å²) in [6.07, 6.45) is 17.0. The fourth-order valence-corrected chi connectivity index (χ4v) is 6.09. The molecule has 10 nitrogen and oxygen atoms in total. The molecule has 268 valence electrons. The minimum absolute atomic E-state index is 0.128. The molecule has 1 fully saturated rings. The van der Waals surface area contributed by atoms with Crippen LogP contribution in [0.5, 0.6) is 0 Å². The average molecular weight is 647 g/mol. The number of unbranched alkanes of at least 4 members (excludes halogenated alkanes) is 15. The van der Waals surface area contributed by atoms with Crippen LogP contribution in [0.3, 0.4) is 0 Å². The zero-order valence-corrected chi connectivity index (χ0v) is 28.6. The Labute approximate surface area is 273 Å². The third kappa shape index (κ3) is 19.0. The van der Waals surface area contributed by atoms with Crippen molar-refractivity contribution in [3.05, 3.63) is 0 Å². The lowest BCUT2D eigenvalue weighted by molar-refractivity contribution is -0.302. The number of Topliss-reactive ketones (excluding diaryl/α,β-unsaturated/α-hetero) is 1. The molecule has 0 saturated carbocycles. The number of ketones is 1. The van der Waals surface area contributed by atoms with Gasteiger partial charge < -0.3 is 46.5 Å². The second kappa shape index (κ2) is 26.3. The Morgan fingerprint density at radius 1 is 0.733 bits per heavy atom. The van der Waals surface area contributed by atoms with E-state index in [1.807, 2.05) is 6.92 Å². The standard InChI is InChI=1S/C35H70N2O8/c1-26-32(25-39)45-35(34(43)33(26)42)44-31(29(37)24-38)23-19-15-11-13-17-21-28(40)20-16-12-9-7-5-3-4-6-8-10-14-18-22-30(41)27(2)36/h26-27,29-35,38-39,41-43H,3-25,36-37H2,1-2H3/t26?,27-,29+,30-,31-,32-,33+,34-,35-/m1/s1. The van der Waals surface area contributed by atoms with E-state index < -0.39 is 42.7 Å². The van der Waals surface area contributed by atoms with Crippen molar-refractivity contribution in [3.63, 3.8) is 0 Å². The average Bonchev–Trinajstić information content (AvgIpc) is 3.03. The molecule has 1 heterocycles. The third-order valence-electron chi connectivity index (χ3n) is 9.50. The van der Waals surface area contributed by atoms with Gasteiger partial charge in [0.15, 0.2) is 6.29 Å². The second-order valence-electron chi connectivity index (χ2n) is 13.6. The highest BCUT2D eigenvalue weighted by atomic mass is 16.7. The first-order valence-corrected chi connectivity index (χ1v) is 18.2. The molecule has 9 atom stereocenters. The van der Waals surface area contributed by atoms with Crippen molar-refractivity contribution in [1.82, 2.24) is 0 Å². The van der Waals surface area contributed by atoms with Gasteiger partial charge in [-0.3, -0.25) is 4.79 Å². The number of carbonyl (C=O) groups excluding carboxylic acids is 1. The summed E-state index contributed by atoms with van der Waals surface area (Å²) in [7, 11) is 0. The van der Waals surface area contributed by atoms with Crippen LogP contribution in [0.4, 0.5) is 0 Å². The Balaban J connectivity index is 2.00. The quantitative estimate of drug-likeness (QED) is 0.0579. The van der Waals surface area contributed by atoms with Crippen molar-refractivity contribution in [2.24, 2.45) is 17.4 Å². The van der Waals surface area contributed by atoms with Gasteiger partial charge in [0.05, 0.1) is 43.7 Å². The van der Waals surface area contributed by atoms with E-state index in [1.165, 1.54) is 57.8 Å². The van der Waals surface area contributed by atoms with Crippen LogP contribution in [0.15, 0.2) is 0 Å². The second-order valence-corrected chi connectivity index (χ2v) is 13.6. The van der Waals surface area contributed by atoms with Crippen molar-refractivity contribution in [3.8, 4) is 0 Å². The van der Waals surface area contributed by atoms with Gasteiger partial charge in [-0.15, -0.1) is 0 Å². The van der Waals surface area contributed by atoms with Gasteiger partial charge in [-0.05, 0) is 32.6 Å². The Hall–Kier alpha value is -0.690. The summed E-state index contributed by atoms with van der Waals surface area (Å²) in [5.74, 6) is -0.0688. The minimum atomic E-state index is -1.26. The molecule has 0 radical (unpaired) electrons. The molecular formula is C35H70N2O8. The van der Waals surface area contributed by atoms with Crippen molar-refractivity contribution < 1.29 is 39.8 Å². The summed E-state index contributed by atoms with van der Waals surface area (Å²) in [5.41, 5.74) is 11.7. The number of hydrogen-bond acceptors (Lipinski definition) is 10. The van der Waals surface area contributed by atoms with Crippen LogP contribution in [0.25, 0.3) is 0 Å². The topological polar surface area (TPSA) is 189 Å². The van der Waals surface area contributed by atoms with Crippen LogP contribution in [-0.2, 0) is 14.3 Å². The fourth-order valence-electron chi connectivity index (χ4n) is 6.09. The first-order chi connectivity index (χ1) is 21.6. The Kier molecular flexibility index (Phi) is 24.7. The molecule has 1 rings (SSSR count). The van der Waals surface area contributed by atoms with Crippen LogP contribution in [-0.4, -0.2) is 93.4 Å². The number of nitrogens with two attached hydrogens (primary N) is 2. The molecule has 1 saturated heterocycles. The summed E-state index contributed by atoms with van der Waals surface area (Å²) in [6, 6.07) is -0.779.